The molecule has 0 spiro atoms. The molecule has 0 atom stereocenters. The molecule has 0 aromatic carbocycles. The van der Waals surface area contributed by atoms with Crippen molar-refractivity contribution in [2.75, 3.05) is 24.2 Å². The first-order chi connectivity index (χ1) is 8.34. The van der Waals surface area contributed by atoms with Gasteiger partial charge in [0.25, 0.3) is 0 Å². The second-order valence-electron chi connectivity index (χ2n) is 5.08. The van der Waals surface area contributed by atoms with Crippen molar-refractivity contribution >= 4 is 11.9 Å². The van der Waals surface area contributed by atoms with E-state index in [4.69, 9.17) is 10.5 Å². The zero-order valence-corrected chi connectivity index (χ0v) is 11.8. The highest BCUT2D eigenvalue weighted by molar-refractivity contribution is 5.32. The second-order valence-corrected chi connectivity index (χ2v) is 5.08. The number of hydrogen-bond donors (Lipinski definition) is 2. The Bertz CT molecular complexity index is 392. The highest BCUT2D eigenvalue weighted by Crippen LogP contribution is 2.14. The molecule has 1 heterocycles. The van der Waals surface area contributed by atoms with Gasteiger partial charge in [-0.15, -0.1) is 0 Å². The molecule has 0 bridgehead atoms. The van der Waals surface area contributed by atoms with Crippen molar-refractivity contribution in [2.24, 2.45) is 0 Å². The van der Waals surface area contributed by atoms with Crippen LogP contribution in [0.3, 0.4) is 0 Å². The van der Waals surface area contributed by atoms with Crippen molar-refractivity contribution in [3.05, 3.63) is 5.82 Å². The summed E-state index contributed by atoms with van der Waals surface area (Å²) in [4.78, 5) is 12.5. The Balaban J connectivity index is 2.73. The summed E-state index contributed by atoms with van der Waals surface area (Å²) < 4.78 is 5.59. The van der Waals surface area contributed by atoms with Crippen molar-refractivity contribution in [1.29, 1.82) is 0 Å². The van der Waals surface area contributed by atoms with Crippen LogP contribution in [0.4, 0.5) is 11.9 Å². The number of nitrogens with two attached hydrogens (primary N) is 1. The minimum atomic E-state index is -0.270. The zero-order valence-electron chi connectivity index (χ0n) is 11.8. The lowest BCUT2D eigenvalue weighted by Gasteiger charge is -2.24. The van der Waals surface area contributed by atoms with Crippen LogP contribution in [0.2, 0.25) is 0 Å². The van der Waals surface area contributed by atoms with Crippen LogP contribution >= 0.6 is 0 Å². The van der Waals surface area contributed by atoms with Crippen molar-refractivity contribution in [2.45, 2.75) is 46.1 Å². The molecule has 0 saturated carbocycles. The van der Waals surface area contributed by atoms with Gasteiger partial charge < -0.3 is 15.8 Å². The van der Waals surface area contributed by atoms with Gasteiger partial charge in [-0.05, 0) is 20.8 Å². The SMILES string of the molecule is CCOC(C)(C)CNc1nc(N)nc(C(C)C)n1. The Morgan fingerprint density at radius 2 is 1.94 bits per heavy atom. The predicted molar refractivity (Wildman–Crippen MR) is 72.5 cm³/mol. The standard InChI is InChI=1S/C12H23N5O/c1-6-18-12(4,5)7-14-11-16-9(8(2)3)15-10(13)17-11/h8H,6-7H2,1-5H3,(H3,13,14,15,16,17). The topological polar surface area (TPSA) is 86.0 Å². The van der Waals surface area contributed by atoms with Crippen LogP contribution in [-0.4, -0.2) is 33.7 Å². The average Bonchev–Trinajstić information content (AvgIpc) is 2.26. The summed E-state index contributed by atoms with van der Waals surface area (Å²) in [6.07, 6.45) is 0. The number of anilines is 2. The summed E-state index contributed by atoms with van der Waals surface area (Å²) in [6, 6.07) is 0. The Labute approximate surface area is 108 Å². The van der Waals surface area contributed by atoms with Crippen LogP contribution < -0.4 is 11.1 Å². The predicted octanol–water partition coefficient (Wildman–Crippen LogP) is 1.80. The van der Waals surface area contributed by atoms with Gasteiger partial charge in [-0.3, -0.25) is 0 Å². The smallest absolute Gasteiger partial charge is 0.227 e. The molecule has 0 radical (unpaired) electrons. The van der Waals surface area contributed by atoms with E-state index in [1.807, 2.05) is 34.6 Å². The molecule has 1 aromatic rings. The van der Waals surface area contributed by atoms with E-state index in [0.29, 0.717) is 24.9 Å². The van der Waals surface area contributed by atoms with Gasteiger partial charge in [0, 0.05) is 19.1 Å². The fourth-order valence-electron chi connectivity index (χ4n) is 1.48. The van der Waals surface area contributed by atoms with Crippen LogP contribution in [0, 0.1) is 0 Å². The maximum absolute atomic E-state index is 5.66. The Hall–Kier alpha value is -1.43. The van der Waals surface area contributed by atoms with Crippen LogP contribution in [-0.2, 0) is 4.74 Å². The molecule has 6 heteroatoms. The lowest BCUT2D eigenvalue weighted by atomic mass is 10.1. The van der Waals surface area contributed by atoms with Crippen LogP contribution in [0.15, 0.2) is 0 Å². The molecule has 1 aromatic heterocycles. The maximum Gasteiger partial charge on any atom is 0.227 e. The number of nitrogens with one attached hydrogen (secondary N) is 1. The van der Waals surface area contributed by atoms with E-state index in [2.05, 4.69) is 20.3 Å². The summed E-state index contributed by atoms with van der Waals surface area (Å²) in [5.41, 5.74) is 5.39. The molecule has 102 valence electrons. The van der Waals surface area contributed by atoms with Gasteiger partial charge in [-0.25, -0.2) is 0 Å². The van der Waals surface area contributed by atoms with Crippen molar-refractivity contribution in [3.63, 3.8) is 0 Å². The number of aromatic nitrogens is 3. The highest BCUT2D eigenvalue weighted by Gasteiger charge is 2.18. The molecule has 0 fully saturated rings. The molecule has 0 aliphatic carbocycles. The largest absolute Gasteiger partial charge is 0.374 e. The maximum atomic E-state index is 5.66. The number of nitrogen functional groups attached to an aromatic ring is 1. The van der Waals surface area contributed by atoms with Gasteiger partial charge in [-0.2, -0.15) is 15.0 Å². The summed E-state index contributed by atoms with van der Waals surface area (Å²) in [5, 5.41) is 3.14. The molecule has 18 heavy (non-hydrogen) atoms. The lowest BCUT2D eigenvalue weighted by molar-refractivity contribution is 0.000576. The van der Waals surface area contributed by atoms with E-state index < -0.39 is 0 Å². The number of nitrogens with zero attached hydrogens (tertiary/aromatic N) is 3. The van der Waals surface area contributed by atoms with Crippen LogP contribution in [0.25, 0.3) is 0 Å². The molecule has 0 unspecified atom stereocenters. The molecule has 0 aliphatic rings. The van der Waals surface area contributed by atoms with Crippen LogP contribution in [0.1, 0.15) is 46.4 Å². The fraction of sp³-hybridized carbons (Fsp3) is 0.750. The van der Waals surface area contributed by atoms with Crippen molar-refractivity contribution < 1.29 is 4.74 Å². The van der Waals surface area contributed by atoms with Gasteiger partial charge >= 0.3 is 0 Å². The number of rotatable bonds is 6. The first-order valence-corrected chi connectivity index (χ1v) is 6.23. The molecule has 1 rings (SSSR count). The average molecular weight is 253 g/mol. The fourth-order valence-corrected chi connectivity index (χ4v) is 1.48. The lowest BCUT2D eigenvalue weighted by Crippen LogP contribution is -2.34. The van der Waals surface area contributed by atoms with Crippen molar-refractivity contribution in [3.8, 4) is 0 Å². The zero-order chi connectivity index (χ0) is 13.8. The monoisotopic (exact) mass is 253 g/mol. The summed E-state index contributed by atoms with van der Waals surface area (Å²) in [7, 11) is 0. The molecular weight excluding hydrogens is 230 g/mol. The normalized spacial score (nSPS) is 11.9. The van der Waals surface area contributed by atoms with Gasteiger partial charge in [-0.1, -0.05) is 13.8 Å². The van der Waals surface area contributed by atoms with E-state index in [1.54, 1.807) is 0 Å². The third-order valence-electron chi connectivity index (χ3n) is 2.39. The molecule has 6 nitrogen and oxygen atoms in total. The number of ether oxygens (including phenoxy) is 1. The summed E-state index contributed by atoms with van der Waals surface area (Å²) in [5.74, 6) is 1.65. The van der Waals surface area contributed by atoms with E-state index >= 15 is 0 Å². The molecule has 0 amide bonds. The quantitative estimate of drug-likeness (QED) is 0.804. The second kappa shape index (κ2) is 5.95. The van der Waals surface area contributed by atoms with E-state index in [0.717, 1.165) is 0 Å². The first kappa shape index (κ1) is 14.6. The Kier molecular flexibility index (Phi) is 4.84. The third kappa shape index (κ3) is 4.44. The molecule has 0 aliphatic heterocycles. The molecule has 3 N–H and O–H groups in total. The summed E-state index contributed by atoms with van der Waals surface area (Å²) in [6.45, 7) is 11.3. The van der Waals surface area contributed by atoms with Crippen molar-refractivity contribution in [1.82, 2.24) is 15.0 Å². The minimum absolute atomic E-state index is 0.218. The van der Waals surface area contributed by atoms with Gasteiger partial charge in [0.2, 0.25) is 11.9 Å². The van der Waals surface area contributed by atoms with E-state index in [-0.39, 0.29) is 17.5 Å². The number of hydrogen-bond acceptors (Lipinski definition) is 6. The minimum Gasteiger partial charge on any atom is -0.374 e. The van der Waals surface area contributed by atoms with Gasteiger partial charge in [0.15, 0.2) is 0 Å². The first-order valence-electron chi connectivity index (χ1n) is 6.23. The van der Waals surface area contributed by atoms with Gasteiger partial charge in [0.05, 0.1) is 5.60 Å². The van der Waals surface area contributed by atoms with E-state index in [1.165, 1.54) is 0 Å². The third-order valence-corrected chi connectivity index (χ3v) is 2.39. The van der Waals surface area contributed by atoms with Crippen LogP contribution in [0.5, 0.6) is 0 Å². The molecule has 0 saturated heterocycles. The van der Waals surface area contributed by atoms with Gasteiger partial charge in [0.1, 0.15) is 5.82 Å². The van der Waals surface area contributed by atoms with E-state index in [9.17, 15) is 0 Å². The highest BCUT2D eigenvalue weighted by atomic mass is 16.5. The summed E-state index contributed by atoms with van der Waals surface area (Å²) >= 11 is 0. The Morgan fingerprint density at radius 1 is 1.28 bits per heavy atom. The Morgan fingerprint density at radius 3 is 2.50 bits per heavy atom. The molecular formula is C12H23N5O.